The zero-order valence-corrected chi connectivity index (χ0v) is 14.6. The third-order valence-corrected chi connectivity index (χ3v) is 3.67. The maximum atomic E-state index is 11.9. The van der Waals surface area contributed by atoms with Crippen molar-refractivity contribution in [2.45, 2.75) is 6.42 Å². The van der Waals surface area contributed by atoms with E-state index in [0.717, 1.165) is 27.6 Å². The molecule has 6 nitrogen and oxygen atoms in total. The Labute approximate surface area is 198 Å². The molecule has 124 valence electrons. The van der Waals surface area contributed by atoms with Crippen LogP contribution in [0.25, 0.3) is 22.0 Å². The normalized spacial score (nSPS) is 10.2. The number of aromatic nitrogens is 3. The molecule has 0 radical (unpaired) electrons. The summed E-state index contributed by atoms with van der Waals surface area (Å²) < 4.78 is 1.96. The zero-order valence-electron chi connectivity index (χ0n) is 12.9. The number of pyridine rings is 1. The van der Waals surface area contributed by atoms with Gasteiger partial charge >= 0.3 is 51.4 Å². The Morgan fingerprint density at radius 1 is 1.24 bits per heavy atom. The van der Waals surface area contributed by atoms with E-state index in [2.05, 4.69) is 33.6 Å². The molecule has 1 aromatic carbocycles. The van der Waals surface area contributed by atoms with Crippen molar-refractivity contribution < 1.29 is 4.79 Å². The maximum absolute atomic E-state index is 11.9. The van der Waals surface area contributed by atoms with Crippen molar-refractivity contribution >= 4 is 97.4 Å². The molecule has 0 atom stereocenters. The van der Waals surface area contributed by atoms with Crippen molar-refractivity contribution in [1.29, 1.82) is 0 Å². The van der Waals surface area contributed by atoms with E-state index in [1.807, 2.05) is 43.7 Å². The van der Waals surface area contributed by atoms with E-state index in [0.29, 0.717) is 0 Å². The van der Waals surface area contributed by atoms with E-state index >= 15 is 0 Å². The third-order valence-electron chi connectivity index (χ3n) is 3.46. The van der Waals surface area contributed by atoms with Crippen molar-refractivity contribution in [1.82, 2.24) is 25.6 Å². The Balaban J connectivity index is 0.00000225. The number of carbonyl (C=O) groups excluding carboxylic acids is 1. The molecule has 1 amide bonds. The van der Waals surface area contributed by atoms with Gasteiger partial charge < -0.3 is 0 Å². The molecule has 3 aromatic rings. The van der Waals surface area contributed by atoms with E-state index in [1.165, 1.54) is 0 Å². The van der Waals surface area contributed by atoms with Crippen molar-refractivity contribution in [3.63, 3.8) is 0 Å². The Bertz CT molecular complexity index is 928. The first-order chi connectivity index (χ1) is 11.5. The second-order valence-electron chi connectivity index (χ2n) is 5.31. The number of nitrogens with zero attached hydrogens (tertiary/aromatic N) is 3. The van der Waals surface area contributed by atoms with Gasteiger partial charge in [-0.1, -0.05) is 18.3 Å². The van der Waals surface area contributed by atoms with Crippen LogP contribution in [0, 0.1) is 0 Å². The fraction of sp³-hybridized carbons (Fsp3) is 0.125. The van der Waals surface area contributed by atoms with E-state index in [-0.39, 0.29) is 68.0 Å². The molecule has 0 aliphatic carbocycles. The van der Waals surface area contributed by atoms with E-state index in [4.69, 9.17) is 12.2 Å². The van der Waals surface area contributed by atoms with Gasteiger partial charge in [-0.05, 0) is 23.8 Å². The molecular formula is C16H16KN5OS2. The first-order valence-corrected chi connectivity index (χ1v) is 8.02. The number of hydrogen-bond donors (Lipinski definition) is 3. The first-order valence-electron chi connectivity index (χ1n) is 7.17. The van der Waals surface area contributed by atoms with Crippen LogP contribution in [0.15, 0.2) is 42.9 Å². The average molecular weight is 398 g/mol. The summed E-state index contributed by atoms with van der Waals surface area (Å²) in [5.74, 6) is -0.192. The molecule has 0 unspecified atom stereocenters. The van der Waals surface area contributed by atoms with Crippen LogP contribution in [0.5, 0.6) is 0 Å². The Hall–Kier alpha value is -0.814. The van der Waals surface area contributed by atoms with Gasteiger partial charge in [0, 0.05) is 36.0 Å². The predicted molar refractivity (Wildman–Crippen MR) is 108 cm³/mol. The van der Waals surface area contributed by atoms with Crippen LogP contribution in [0.1, 0.15) is 5.56 Å². The molecule has 0 fully saturated rings. The summed E-state index contributed by atoms with van der Waals surface area (Å²) in [4.78, 5) is 16.3. The number of benzene rings is 1. The van der Waals surface area contributed by atoms with Crippen LogP contribution in [0.3, 0.4) is 0 Å². The SMILES string of the molecule is Cn1cc(-c2cnc3ccc(CC(=O)NNC(=S)S)cc3c2)cn1.[KH]. The van der Waals surface area contributed by atoms with Crippen molar-refractivity contribution in [2.75, 3.05) is 0 Å². The van der Waals surface area contributed by atoms with Crippen LogP contribution in [-0.4, -0.2) is 76.4 Å². The molecule has 0 aliphatic heterocycles. The fourth-order valence-corrected chi connectivity index (χ4v) is 2.48. The molecule has 2 aromatic heterocycles. The number of rotatable bonds is 3. The number of fused-ring (bicyclic) bond motifs is 1. The minimum absolute atomic E-state index is 0. The van der Waals surface area contributed by atoms with Crippen molar-refractivity contribution in [3.05, 3.63) is 48.4 Å². The quantitative estimate of drug-likeness (QED) is 0.269. The van der Waals surface area contributed by atoms with Gasteiger partial charge in [0.25, 0.3) is 0 Å². The Morgan fingerprint density at radius 3 is 2.72 bits per heavy atom. The van der Waals surface area contributed by atoms with E-state index in [1.54, 1.807) is 10.9 Å². The van der Waals surface area contributed by atoms with Crippen LogP contribution in [-0.2, 0) is 18.3 Å². The molecule has 0 bridgehead atoms. The molecule has 2 heterocycles. The number of thiol groups is 1. The summed E-state index contributed by atoms with van der Waals surface area (Å²) in [5, 5.41) is 5.15. The molecular weight excluding hydrogens is 381 g/mol. The standard InChI is InChI=1S/C16H15N5OS2.K.H/c1-21-9-13(8-18-21)12-6-11-4-10(2-3-14(11)17-7-12)5-15(22)19-20-16(23)24;;/h2-4,6-9H,5H2,1H3,(H,19,22)(H2,20,23,24);;. The second kappa shape index (κ2) is 9.22. The summed E-state index contributed by atoms with van der Waals surface area (Å²) in [5.41, 5.74) is 8.74. The van der Waals surface area contributed by atoms with Gasteiger partial charge in [-0.25, -0.2) is 0 Å². The number of hydrogen-bond acceptors (Lipinski definition) is 4. The number of amides is 1. The van der Waals surface area contributed by atoms with Crippen LogP contribution in [0.4, 0.5) is 0 Å². The van der Waals surface area contributed by atoms with Crippen LogP contribution in [0.2, 0.25) is 0 Å². The fourth-order valence-electron chi connectivity index (χ4n) is 2.37. The van der Waals surface area contributed by atoms with Gasteiger partial charge in [-0.2, -0.15) is 5.10 Å². The molecule has 25 heavy (non-hydrogen) atoms. The summed E-state index contributed by atoms with van der Waals surface area (Å²) in [7, 11) is 1.87. The van der Waals surface area contributed by atoms with Gasteiger partial charge in [0.2, 0.25) is 5.91 Å². The summed E-state index contributed by atoms with van der Waals surface area (Å²) in [6, 6.07) is 7.79. The molecule has 0 saturated carbocycles. The number of hydrazine groups is 1. The van der Waals surface area contributed by atoms with Crippen molar-refractivity contribution in [2.24, 2.45) is 7.05 Å². The van der Waals surface area contributed by atoms with Gasteiger partial charge in [0.1, 0.15) is 4.32 Å². The molecule has 0 saturated heterocycles. The average Bonchev–Trinajstić information content (AvgIpc) is 2.99. The number of thiocarbonyl (C=S) groups is 1. The topological polar surface area (TPSA) is 71.8 Å². The van der Waals surface area contributed by atoms with Gasteiger partial charge in [-0.3, -0.25) is 25.3 Å². The number of aryl methyl sites for hydroxylation is 1. The Morgan fingerprint density at radius 2 is 2.04 bits per heavy atom. The van der Waals surface area contributed by atoms with E-state index in [9.17, 15) is 4.79 Å². The second-order valence-corrected chi connectivity index (χ2v) is 6.47. The molecule has 0 spiro atoms. The van der Waals surface area contributed by atoms with Crippen LogP contribution < -0.4 is 10.9 Å². The molecule has 0 aliphatic rings. The molecule has 9 heteroatoms. The molecule has 2 N–H and O–H groups in total. The van der Waals surface area contributed by atoms with Crippen LogP contribution >= 0.6 is 24.8 Å². The first kappa shape index (κ1) is 20.5. The third kappa shape index (κ3) is 5.58. The zero-order chi connectivity index (χ0) is 17.1. The van der Waals surface area contributed by atoms with Gasteiger partial charge in [-0.15, -0.1) is 12.6 Å². The van der Waals surface area contributed by atoms with Gasteiger partial charge in [0.05, 0.1) is 18.1 Å². The monoisotopic (exact) mass is 397 g/mol. The molecule has 3 rings (SSSR count). The predicted octanol–water partition coefficient (Wildman–Crippen LogP) is 1.36. The summed E-state index contributed by atoms with van der Waals surface area (Å²) in [6.45, 7) is 0. The number of nitrogens with one attached hydrogen (secondary N) is 2. The number of carbonyl (C=O) groups is 1. The minimum atomic E-state index is -0.192. The van der Waals surface area contributed by atoms with Gasteiger partial charge in [0.15, 0.2) is 0 Å². The Kier molecular flexibility index (Phi) is 7.56. The van der Waals surface area contributed by atoms with E-state index < -0.39 is 0 Å². The summed E-state index contributed by atoms with van der Waals surface area (Å²) in [6.07, 6.45) is 5.79. The van der Waals surface area contributed by atoms with Crippen molar-refractivity contribution in [3.8, 4) is 11.1 Å². The summed E-state index contributed by atoms with van der Waals surface area (Å²) >= 11 is 8.61.